The molecule has 0 saturated carbocycles. The SMILES string of the molecule is Cc1cc(C)c(-c2ccc(Br)c3c2C(C)C=C3)c(C)c1. The smallest absolute Gasteiger partial charge is 0.0251 e. The van der Waals surface area contributed by atoms with Crippen LogP contribution in [0.25, 0.3) is 17.2 Å². The average molecular weight is 327 g/mol. The Morgan fingerprint density at radius 2 is 1.65 bits per heavy atom. The van der Waals surface area contributed by atoms with Crippen molar-refractivity contribution in [3.05, 3.63) is 62.6 Å². The van der Waals surface area contributed by atoms with Crippen LogP contribution in [0.4, 0.5) is 0 Å². The van der Waals surface area contributed by atoms with Crippen LogP contribution in [0.3, 0.4) is 0 Å². The van der Waals surface area contributed by atoms with Gasteiger partial charge in [-0.25, -0.2) is 0 Å². The number of rotatable bonds is 1. The molecule has 1 aliphatic rings. The Balaban J connectivity index is 2.31. The van der Waals surface area contributed by atoms with E-state index in [0.717, 1.165) is 0 Å². The fourth-order valence-corrected chi connectivity index (χ4v) is 3.91. The zero-order valence-electron chi connectivity index (χ0n) is 12.4. The number of benzene rings is 2. The predicted molar refractivity (Wildman–Crippen MR) is 91.2 cm³/mol. The Labute approximate surface area is 129 Å². The van der Waals surface area contributed by atoms with Crippen LogP contribution in [-0.4, -0.2) is 0 Å². The Bertz CT molecular complexity index is 700. The Hall–Kier alpha value is -1.34. The van der Waals surface area contributed by atoms with Crippen molar-refractivity contribution in [2.24, 2.45) is 0 Å². The van der Waals surface area contributed by atoms with Crippen molar-refractivity contribution in [3.8, 4) is 11.1 Å². The average Bonchev–Trinajstić information content (AvgIpc) is 2.74. The lowest BCUT2D eigenvalue weighted by Gasteiger charge is -2.18. The molecule has 0 spiro atoms. The molecule has 0 aliphatic heterocycles. The van der Waals surface area contributed by atoms with Crippen molar-refractivity contribution in [1.29, 1.82) is 0 Å². The third kappa shape index (κ3) is 2.05. The molecule has 1 heteroatoms. The first kappa shape index (κ1) is 13.6. The van der Waals surface area contributed by atoms with Crippen LogP contribution in [0.15, 0.2) is 34.8 Å². The summed E-state index contributed by atoms with van der Waals surface area (Å²) in [6.45, 7) is 8.88. The van der Waals surface area contributed by atoms with Gasteiger partial charge in [0.2, 0.25) is 0 Å². The van der Waals surface area contributed by atoms with E-state index in [9.17, 15) is 0 Å². The maximum atomic E-state index is 3.68. The molecule has 0 heterocycles. The zero-order chi connectivity index (χ0) is 14.4. The largest absolute Gasteiger partial charge is 0.0766 e. The van der Waals surface area contributed by atoms with Crippen molar-refractivity contribution in [3.63, 3.8) is 0 Å². The molecule has 1 atom stereocenters. The summed E-state index contributed by atoms with van der Waals surface area (Å²) in [5.74, 6) is 0.484. The van der Waals surface area contributed by atoms with E-state index in [0.29, 0.717) is 5.92 Å². The van der Waals surface area contributed by atoms with Crippen LogP contribution < -0.4 is 0 Å². The van der Waals surface area contributed by atoms with E-state index in [1.54, 1.807) is 0 Å². The van der Waals surface area contributed by atoms with Gasteiger partial charge in [-0.2, -0.15) is 0 Å². The topological polar surface area (TPSA) is 0 Å². The molecule has 0 saturated heterocycles. The second kappa shape index (κ2) is 4.89. The van der Waals surface area contributed by atoms with Crippen LogP contribution >= 0.6 is 15.9 Å². The minimum atomic E-state index is 0.484. The minimum absolute atomic E-state index is 0.484. The molecular formula is C19H19Br. The lowest BCUT2D eigenvalue weighted by Crippen LogP contribution is -1.98. The van der Waals surface area contributed by atoms with Crippen LogP contribution in [0, 0.1) is 20.8 Å². The highest BCUT2D eigenvalue weighted by Crippen LogP contribution is 2.43. The van der Waals surface area contributed by atoms with E-state index in [4.69, 9.17) is 0 Å². The molecule has 3 rings (SSSR count). The summed E-state index contributed by atoms with van der Waals surface area (Å²) in [6, 6.07) is 9.00. The van der Waals surface area contributed by atoms with Gasteiger partial charge in [-0.05, 0) is 60.2 Å². The third-order valence-corrected chi connectivity index (χ3v) is 4.88. The van der Waals surface area contributed by atoms with Crippen LogP contribution in [0.2, 0.25) is 0 Å². The molecule has 1 unspecified atom stereocenters. The number of allylic oxidation sites excluding steroid dienone is 1. The van der Waals surface area contributed by atoms with Crippen LogP contribution in [0.1, 0.15) is 40.7 Å². The molecule has 2 aromatic carbocycles. The molecule has 102 valence electrons. The number of hydrogen-bond donors (Lipinski definition) is 0. The standard InChI is InChI=1S/C19H19Br/c1-11-9-13(3)18(14(4)10-11)16-7-8-17(20)15-6-5-12(2)19(15)16/h5-10,12H,1-4H3. The Kier molecular flexibility index (Phi) is 3.33. The molecule has 0 nitrogen and oxygen atoms in total. The van der Waals surface area contributed by atoms with E-state index in [-0.39, 0.29) is 0 Å². The Morgan fingerprint density at radius 3 is 2.30 bits per heavy atom. The summed E-state index contributed by atoms with van der Waals surface area (Å²) in [5, 5.41) is 0. The van der Waals surface area contributed by atoms with Gasteiger partial charge in [0.25, 0.3) is 0 Å². The lowest BCUT2D eigenvalue weighted by atomic mass is 9.87. The van der Waals surface area contributed by atoms with Gasteiger partial charge in [0.05, 0.1) is 0 Å². The van der Waals surface area contributed by atoms with E-state index in [1.165, 1.54) is 43.4 Å². The zero-order valence-corrected chi connectivity index (χ0v) is 14.0. The lowest BCUT2D eigenvalue weighted by molar-refractivity contribution is 0.990. The predicted octanol–water partition coefficient (Wildman–Crippen LogP) is 6.17. The van der Waals surface area contributed by atoms with E-state index in [2.05, 4.69) is 80.0 Å². The highest BCUT2D eigenvalue weighted by Gasteiger charge is 2.21. The first-order valence-electron chi connectivity index (χ1n) is 7.08. The van der Waals surface area contributed by atoms with Gasteiger partial charge in [0.15, 0.2) is 0 Å². The molecule has 0 fully saturated rings. The molecule has 0 amide bonds. The molecule has 1 aliphatic carbocycles. The molecular weight excluding hydrogens is 308 g/mol. The number of halogens is 1. The van der Waals surface area contributed by atoms with Gasteiger partial charge in [-0.1, -0.05) is 58.8 Å². The molecule has 0 aromatic heterocycles. The molecule has 0 bridgehead atoms. The van der Waals surface area contributed by atoms with Gasteiger partial charge < -0.3 is 0 Å². The maximum absolute atomic E-state index is 3.68. The third-order valence-electron chi connectivity index (χ3n) is 4.19. The normalized spacial score (nSPS) is 16.6. The molecule has 2 aromatic rings. The number of aryl methyl sites for hydroxylation is 3. The van der Waals surface area contributed by atoms with Gasteiger partial charge in [0.1, 0.15) is 0 Å². The van der Waals surface area contributed by atoms with Gasteiger partial charge >= 0.3 is 0 Å². The molecule has 20 heavy (non-hydrogen) atoms. The number of hydrogen-bond acceptors (Lipinski definition) is 0. The van der Waals surface area contributed by atoms with Crippen molar-refractivity contribution >= 4 is 22.0 Å². The van der Waals surface area contributed by atoms with Gasteiger partial charge in [0, 0.05) is 10.4 Å². The highest BCUT2D eigenvalue weighted by atomic mass is 79.9. The quantitative estimate of drug-likeness (QED) is 0.587. The maximum Gasteiger partial charge on any atom is 0.0251 e. The second-order valence-corrected chi connectivity index (χ2v) is 6.70. The summed E-state index contributed by atoms with van der Waals surface area (Å²) in [4.78, 5) is 0. The Morgan fingerprint density at radius 1 is 1.00 bits per heavy atom. The van der Waals surface area contributed by atoms with E-state index < -0.39 is 0 Å². The second-order valence-electron chi connectivity index (χ2n) is 5.84. The van der Waals surface area contributed by atoms with Crippen LogP contribution in [0.5, 0.6) is 0 Å². The van der Waals surface area contributed by atoms with E-state index >= 15 is 0 Å². The first-order chi connectivity index (χ1) is 9.49. The highest BCUT2D eigenvalue weighted by molar-refractivity contribution is 9.10. The summed E-state index contributed by atoms with van der Waals surface area (Å²) >= 11 is 3.68. The summed E-state index contributed by atoms with van der Waals surface area (Å²) in [6.07, 6.45) is 4.53. The number of fused-ring (bicyclic) bond motifs is 1. The molecule has 0 radical (unpaired) electrons. The summed E-state index contributed by atoms with van der Waals surface area (Å²) < 4.78 is 1.19. The monoisotopic (exact) mass is 326 g/mol. The fraction of sp³-hybridized carbons (Fsp3) is 0.263. The van der Waals surface area contributed by atoms with Crippen molar-refractivity contribution in [2.75, 3.05) is 0 Å². The van der Waals surface area contributed by atoms with Crippen molar-refractivity contribution in [2.45, 2.75) is 33.6 Å². The van der Waals surface area contributed by atoms with Crippen molar-refractivity contribution in [1.82, 2.24) is 0 Å². The van der Waals surface area contributed by atoms with E-state index in [1.807, 2.05) is 0 Å². The fourth-order valence-electron chi connectivity index (χ4n) is 3.43. The van der Waals surface area contributed by atoms with Crippen LogP contribution in [-0.2, 0) is 0 Å². The van der Waals surface area contributed by atoms with Gasteiger partial charge in [-0.15, -0.1) is 0 Å². The first-order valence-corrected chi connectivity index (χ1v) is 7.87. The minimum Gasteiger partial charge on any atom is -0.0766 e. The summed E-state index contributed by atoms with van der Waals surface area (Å²) in [7, 11) is 0. The molecule has 0 N–H and O–H groups in total. The van der Waals surface area contributed by atoms with Crippen molar-refractivity contribution < 1.29 is 0 Å². The van der Waals surface area contributed by atoms with Gasteiger partial charge in [-0.3, -0.25) is 0 Å². The summed E-state index contributed by atoms with van der Waals surface area (Å²) in [5.41, 5.74) is 9.65.